The summed E-state index contributed by atoms with van der Waals surface area (Å²) in [5.41, 5.74) is 8.13. The number of aliphatic hydroxyl groups excluding tert-OH is 2. The zero-order valence-electron chi connectivity index (χ0n) is 26.5. The first-order chi connectivity index (χ1) is 23.0. The van der Waals surface area contributed by atoms with Gasteiger partial charge in [-0.25, -0.2) is 0 Å². The van der Waals surface area contributed by atoms with Gasteiger partial charge in [0.15, 0.2) is 0 Å². The molecular weight excluding hydrogens is 748 g/mol. The van der Waals surface area contributed by atoms with E-state index in [-0.39, 0.29) is 13.1 Å². The number of hydrogen-bond acceptors (Lipinski definition) is 8. The Morgan fingerprint density at radius 2 is 1.06 bits per heavy atom. The molecule has 0 heterocycles. The fourth-order valence-electron chi connectivity index (χ4n) is 5.06. The third kappa shape index (κ3) is 9.65. The number of rotatable bonds is 17. The Balaban J connectivity index is 1.41. The van der Waals surface area contributed by atoms with Crippen LogP contribution in [0.5, 0.6) is 11.5 Å². The molecule has 0 unspecified atom stereocenters. The highest BCUT2D eigenvalue weighted by Gasteiger charge is 2.17. The fraction of sp³-hybridized carbons (Fsp3) is 0.278. The van der Waals surface area contributed by atoms with Crippen molar-refractivity contribution in [2.45, 2.75) is 52.2 Å². The van der Waals surface area contributed by atoms with E-state index in [4.69, 9.17) is 19.7 Å². The Kier molecular flexibility index (Phi) is 13.6. The van der Waals surface area contributed by atoms with Gasteiger partial charge in [0.25, 0.3) is 0 Å². The molecule has 2 atom stereocenters. The lowest BCUT2D eigenvalue weighted by atomic mass is 9.92. The Labute approximate surface area is 296 Å². The standard InChI is InChI=1S/C36H38Br2N2O8/c1-21-25(19-47-33-11-9-23(13-29(33)37)15-39-31(17-41)35(43)44)5-3-7-27(21)28-8-4-6-26(22(28)2)20-48-34-12-10-24(14-30(34)38)16-40-32(18-42)36(45)46/h3-14,31-32,39-42H,15-20H2,1-2H3,(H,43,44)(H,45,46)/t31-,32-/m1/s1. The number of hydrogen-bond donors (Lipinski definition) is 6. The van der Waals surface area contributed by atoms with E-state index in [0.29, 0.717) is 24.7 Å². The Hall–Kier alpha value is -3.78. The minimum absolute atomic E-state index is 0.283. The van der Waals surface area contributed by atoms with E-state index in [2.05, 4.69) is 68.5 Å². The highest BCUT2D eigenvalue weighted by molar-refractivity contribution is 9.10. The number of aliphatic hydroxyl groups is 2. The van der Waals surface area contributed by atoms with Gasteiger partial charge in [0.1, 0.15) is 36.8 Å². The molecule has 0 fully saturated rings. The summed E-state index contributed by atoms with van der Waals surface area (Å²) in [6.45, 7) is 4.43. The van der Waals surface area contributed by atoms with Crippen LogP contribution in [0.4, 0.5) is 0 Å². The Morgan fingerprint density at radius 1 is 0.667 bits per heavy atom. The maximum atomic E-state index is 11.1. The first-order valence-corrected chi connectivity index (χ1v) is 16.7. The third-order valence-electron chi connectivity index (χ3n) is 8.01. The SMILES string of the molecule is Cc1c(COc2ccc(CN[C@H](CO)C(=O)O)cc2Br)cccc1-c1cccc(COc2ccc(CN[C@H](CO)C(=O)O)cc2Br)c1C. The van der Waals surface area contributed by atoms with Gasteiger partial charge in [-0.15, -0.1) is 0 Å². The predicted octanol–water partition coefficient (Wildman–Crippen LogP) is 5.72. The molecule has 0 spiro atoms. The second-order valence-corrected chi connectivity index (χ2v) is 12.9. The normalized spacial score (nSPS) is 12.4. The maximum Gasteiger partial charge on any atom is 0.323 e. The van der Waals surface area contributed by atoms with Crippen molar-refractivity contribution < 1.29 is 39.5 Å². The van der Waals surface area contributed by atoms with Crippen molar-refractivity contribution in [2.75, 3.05) is 13.2 Å². The van der Waals surface area contributed by atoms with E-state index in [0.717, 1.165) is 53.5 Å². The lowest BCUT2D eigenvalue weighted by Gasteiger charge is -2.18. The van der Waals surface area contributed by atoms with Crippen molar-refractivity contribution in [1.29, 1.82) is 0 Å². The van der Waals surface area contributed by atoms with Crippen molar-refractivity contribution in [1.82, 2.24) is 10.6 Å². The summed E-state index contributed by atoms with van der Waals surface area (Å²) >= 11 is 7.11. The minimum atomic E-state index is -1.11. The van der Waals surface area contributed by atoms with Crippen LogP contribution in [0, 0.1) is 13.8 Å². The van der Waals surface area contributed by atoms with Crippen LogP contribution in [0.3, 0.4) is 0 Å². The van der Waals surface area contributed by atoms with Crippen molar-refractivity contribution >= 4 is 43.8 Å². The summed E-state index contributed by atoms with van der Waals surface area (Å²) in [6.07, 6.45) is 0. The number of aliphatic carboxylic acids is 2. The zero-order chi connectivity index (χ0) is 34.8. The topological polar surface area (TPSA) is 158 Å². The minimum Gasteiger partial charge on any atom is -0.488 e. The van der Waals surface area contributed by atoms with Crippen LogP contribution in [0.2, 0.25) is 0 Å². The molecule has 254 valence electrons. The fourth-order valence-corrected chi connectivity index (χ4v) is 6.14. The molecular formula is C36H38Br2N2O8. The molecule has 10 nitrogen and oxygen atoms in total. The van der Waals surface area contributed by atoms with Gasteiger partial charge in [0, 0.05) is 13.1 Å². The van der Waals surface area contributed by atoms with Crippen molar-refractivity contribution in [3.8, 4) is 22.6 Å². The van der Waals surface area contributed by atoms with Gasteiger partial charge in [-0.05, 0) is 114 Å². The van der Waals surface area contributed by atoms with E-state index >= 15 is 0 Å². The molecule has 6 N–H and O–H groups in total. The van der Waals surface area contributed by atoms with Crippen LogP contribution in [0.25, 0.3) is 11.1 Å². The summed E-state index contributed by atoms with van der Waals surface area (Å²) in [5, 5.41) is 42.3. The molecule has 0 aromatic heterocycles. The number of ether oxygens (including phenoxy) is 2. The van der Waals surface area contributed by atoms with Crippen molar-refractivity contribution in [2.24, 2.45) is 0 Å². The van der Waals surface area contributed by atoms with Crippen molar-refractivity contribution in [3.05, 3.63) is 115 Å². The average molecular weight is 787 g/mol. The summed E-state index contributed by atoms with van der Waals surface area (Å²) < 4.78 is 13.8. The highest BCUT2D eigenvalue weighted by Crippen LogP contribution is 2.33. The van der Waals surface area contributed by atoms with Gasteiger partial charge in [-0.2, -0.15) is 0 Å². The number of nitrogens with one attached hydrogen (secondary N) is 2. The van der Waals surface area contributed by atoms with Gasteiger partial charge in [-0.3, -0.25) is 20.2 Å². The summed E-state index contributed by atoms with van der Waals surface area (Å²) in [7, 11) is 0. The summed E-state index contributed by atoms with van der Waals surface area (Å²) in [4.78, 5) is 22.3. The molecule has 0 saturated heterocycles. The van der Waals surface area contributed by atoms with Crippen LogP contribution in [-0.2, 0) is 35.9 Å². The second-order valence-electron chi connectivity index (χ2n) is 11.2. The molecule has 0 aliphatic heterocycles. The second kappa shape index (κ2) is 17.6. The first kappa shape index (κ1) is 37.0. The first-order valence-electron chi connectivity index (χ1n) is 15.2. The molecule has 4 rings (SSSR count). The Morgan fingerprint density at radius 3 is 1.40 bits per heavy atom. The number of halogens is 2. The molecule has 0 aliphatic rings. The number of carboxylic acid groups (broad SMARTS) is 2. The van der Waals surface area contributed by atoms with Gasteiger partial charge in [0.2, 0.25) is 0 Å². The quantitative estimate of drug-likeness (QED) is 0.0783. The molecule has 0 amide bonds. The molecule has 4 aromatic carbocycles. The predicted molar refractivity (Wildman–Crippen MR) is 189 cm³/mol. The maximum absolute atomic E-state index is 11.1. The molecule has 0 bridgehead atoms. The summed E-state index contributed by atoms with van der Waals surface area (Å²) in [6, 6.07) is 21.3. The van der Waals surface area contributed by atoms with E-state index in [1.54, 1.807) is 0 Å². The Bertz CT molecular complexity index is 1620. The van der Waals surface area contributed by atoms with Crippen LogP contribution >= 0.6 is 31.9 Å². The highest BCUT2D eigenvalue weighted by atomic mass is 79.9. The van der Waals surface area contributed by atoms with E-state index in [1.807, 2.05) is 60.7 Å². The monoisotopic (exact) mass is 784 g/mol. The lowest BCUT2D eigenvalue weighted by molar-refractivity contribution is -0.141. The van der Waals surface area contributed by atoms with Crippen LogP contribution in [0.1, 0.15) is 33.4 Å². The number of carboxylic acids is 2. The molecule has 0 aliphatic carbocycles. The number of carbonyl (C=O) groups is 2. The van der Waals surface area contributed by atoms with E-state index < -0.39 is 37.2 Å². The zero-order valence-corrected chi connectivity index (χ0v) is 29.7. The number of benzene rings is 4. The average Bonchev–Trinajstić information content (AvgIpc) is 3.05. The van der Waals surface area contributed by atoms with Gasteiger partial charge in [0.05, 0.1) is 22.2 Å². The smallest absolute Gasteiger partial charge is 0.323 e. The molecule has 12 heteroatoms. The largest absolute Gasteiger partial charge is 0.488 e. The molecule has 48 heavy (non-hydrogen) atoms. The van der Waals surface area contributed by atoms with E-state index in [1.165, 1.54) is 0 Å². The van der Waals surface area contributed by atoms with E-state index in [9.17, 15) is 19.8 Å². The van der Waals surface area contributed by atoms with Crippen LogP contribution < -0.4 is 20.1 Å². The van der Waals surface area contributed by atoms with Gasteiger partial charge in [-0.1, -0.05) is 48.5 Å². The van der Waals surface area contributed by atoms with Gasteiger partial charge >= 0.3 is 11.9 Å². The van der Waals surface area contributed by atoms with Crippen LogP contribution in [0.15, 0.2) is 81.7 Å². The summed E-state index contributed by atoms with van der Waals surface area (Å²) in [5.74, 6) is -0.907. The third-order valence-corrected chi connectivity index (χ3v) is 9.25. The molecule has 0 radical (unpaired) electrons. The molecule has 4 aromatic rings. The van der Waals surface area contributed by atoms with Crippen LogP contribution in [-0.4, -0.2) is 57.7 Å². The molecule has 0 saturated carbocycles. The van der Waals surface area contributed by atoms with Gasteiger partial charge < -0.3 is 29.9 Å². The van der Waals surface area contributed by atoms with Crippen molar-refractivity contribution in [3.63, 3.8) is 0 Å². The lowest BCUT2D eigenvalue weighted by Crippen LogP contribution is -2.39.